The van der Waals surface area contributed by atoms with E-state index in [9.17, 15) is 4.79 Å². The van der Waals surface area contributed by atoms with Gasteiger partial charge in [0.2, 0.25) is 0 Å². The molecule has 1 aliphatic heterocycles. The van der Waals surface area contributed by atoms with E-state index < -0.39 is 0 Å². The van der Waals surface area contributed by atoms with E-state index in [0.29, 0.717) is 45.0 Å². The van der Waals surface area contributed by atoms with Crippen LogP contribution in [-0.4, -0.2) is 43.8 Å². The number of amides is 1. The van der Waals surface area contributed by atoms with Crippen LogP contribution in [0.15, 0.2) is 65.8 Å². The van der Waals surface area contributed by atoms with Crippen molar-refractivity contribution < 1.29 is 9.53 Å². The fourth-order valence-corrected chi connectivity index (χ4v) is 5.15. The third-order valence-electron chi connectivity index (χ3n) is 7.02. The van der Waals surface area contributed by atoms with E-state index in [1.54, 1.807) is 4.90 Å². The molecule has 0 unspecified atom stereocenters. The first-order valence-electron chi connectivity index (χ1n) is 11.8. The van der Waals surface area contributed by atoms with Crippen LogP contribution in [0.4, 0.5) is 16.2 Å². The maximum Gasteiger partial charge on any atom is 0.409 e. The van der Waals surface area contributed by atoms with Crippen LogP contribution in [-0.2, 0) is 11.3 Å². The number of carbonyl (C=O) groups excluding carboxylic acids is 1. The number of piperazine rings is 1. The molecule has 1 aliphatic carbocycles. The summed E-state index contributed by atoms with van der Waals surface area (Å²) in [4.78, 5) is 19.9. The monoisotopic (exact) mass is 468 g/mol. The van der Waals surface area contributed by atoms with Crippen LogP contribution in [0.25, 0.3) is 21.6 Å². The van der Waals surface area contributed by atoms with E-state index in [1.165, 1.54) is 22.3 Å². The lowest BCUT2D eigenvalue weighted by Gasteiger charge is -2.36. The fraction of sp³-hybridized carbons (Fsp3) is 0.296. The van der Waals surface area contributed by atoms with Crippen molar-refractivity contribution in [2.45, 2.75) is 19.4 Å². The molecule has 0 aromatic heterocycles. The molecular weight excluding hydrogens is 440 g/mol. The summed E-state index contributed by atoms with van der Waals surface area (Å²) >= 11 is 0. The lowest BCUT2D eigenvalue weighted by atomic mass is 9.98. The average molecular weight is 469 g/mol. The van der Waals surface area contributed by atoms with Crippen LogP contribution in [0.2, 0.25) is 0 Å². The molecule has 1 fully saturated rings. The van der Waals surface area contributed by atoms with Crippen LogP contribution in [0, 0.1) is 6.92 Å². The number of hydrogen-bond donors (Lipinski definition) is 1. The Bertz CT molecular complexity index is 1260. The number of benzene rings is 3. The predicted octanol–water partition coefficient (Wildman–Crippen LogP) is 5.47. The third kappa shape index (κ3) is 4.30. The normalized spacial score (nSPS) is 14.8. The van der Waals surface area contributed by atoms with Gasteiger partial charge in [0, 0.05) is 54.9 Å². The van der Waals surface area contributed by atoms with Crippen LogP contribution in [0.1, 0.15) is 28.2 Å². The van der Waals surface area contributed by atoms with Crippen molar-refractivity contribution in [2.24, 2.45) is 10.8 Å². The summed E-state index contributed by atoms with van der Waals surface area (Å²) < 4.78 is 5.83. The van der Waals surface area contributed by atoms with E-state index in [4.69, 9.17) is 16.0 Å². The van der Waals surface area contributed by atoms with Crippen LogP contribution >= 0.6 is 0 Å². The van der Waals surface area contributed by atoms with Gasteiger partial charge in [-0.1, -0.05) is 53.6 Å². The minimum Gasteiger partial charge on any atom is -0.448 e. The highest BCUT2D eigenvalue weighted by atomic mass is 16.6. The minimum absolute atomic E-state index is 0.0494. The summed E-state index contributed by atoms with van der Waals surface area (Å²) in [6.07, 6.45) is -0.284. The Hall–Kier alpha value is -4.00. The van der Waals surface area contributed by atoms with Gasteiger partial charge in [0.15, 0.2) is 0 Å². The van der Waals surface area contributed by atoms with Crippen LogP contribution in [0.5, 0.6) is 0 Å². The number of anilines is 1. The second-order valence-electron chi connectivity index (χ2n) is 8.93. The van der Waals surface area contributed by atoms with Gasteiger partial charge in [0.1, 0.15) is 6.61 Å². The molecule has 178 valence electrons. The van der Waals surface area contributed by atoms with Gasteiger partial charge in [-0.2, -0.15) is 0 Å². The lowest BCUT2D eigenvalue weighted by Crippen LogP contribution is -2.49. The number of carbonyl (C=O) groups is 1. The summed E-state index contributed by atoms with van der Waals surface area (Å²) in [5.74, 6) is 0.0494. The smallest absolute Gasteiger partial charge is 0.409 e. The number of nitrogens with zero attached hydrogens (tertiary/aromatic N) is 5. The van der Waals surface area contributed by atoms with Gasteiger partial charge in [-0.25, -0.2) is 4.79 Å². The van der Waals surface area contributed by atoms with Crippen LogP contribution < -0.4 is 10.6 Å². The molecule has 8 nitrogen and oxygen atoms in total. The first-order valence-corrected chi connectivity index (χ1v) is 11.8. The molecule has 3 aromatic rings. The van der Waals surface area contributed by atoms with Gasteiger partial charge in [-0.15, -0.1) is 0 Å². The molecule has 8 heteroatoms. The maximum absolute atomic E-state index is 12.9. The number of hydrogen-bond acceptors (Lipinski definition) is 5. The summed E-state index contributed by atoms with van der Waals surface area (Å²) in [7, 11) is 0. The summed E-state index contributed by atoms with van der Waals surface area (Å²) in [5.41, 5.74) is 23.0. The standard InChI is InChI=1S/C27H28N6O2/c1-18-25(30-31-29)14-19(16-28)15-26(18)32-10-12-33(13-11-32)27(34)35-17-24-22-8-4-2-6-20(22)21-7-3-5-9-23(21)24/h2-9,14-15,24H,10-13,16-17,28H2,1H3. The Morgan fingerprint density at radius 1 is 1.06 bits per heavy atom. The Labute approximate surface area is 204 Å². The highest BCUT2D eigenvalue weighted by Crippen LogP contribution is 2.44. The Kier molecular flexibility index (Phi) is 6.31. The molecule has 3 aromatic carbocycles. The van der Waals surface area contributed by atoms with E-state index in [1.807, 2.05) is 43.3 Å². The molecular formula is C27H28N6O2. The summed E-state index contributed by atoms with van der Waals surface area (Å²) in [6, 6.07) is 20.5. The zero-order chi connectivity index (χ0) is 24.4. The van der Waals surface area contributed by atoms with Crippen molar-refractivity contribution in [3.05, 3.63) is 93.4 Å². The largest absolute Gasteiger partial charge is 0.448 e. The highest BCUT2D eigenvalue weighted by molar-refractivity contribution is 5.79. The molecule has 0 saturated carbocycles. The van der Waals surface area contributed by atoms with Gasteiger partial charge < -0.3 is 20.3 Å². The predicted molar refractivity (Wildman–Crippen MR) is 137 cm³/mol. The first-order chi connectivity index (χ1) is 17.1. The zero-order valence-electron chi connectivity index (χ0n) is 19.7. The molecule has 5 rings (SSSR count). The molecule has 35 heavy (non-hydrogen) atoms. The number of fused-ring (bicyclic) bond motifs is 3. The molecule has 1 heterocycles. The van der Waals surface area contributed by atoms with Gasteiger partial charge in [0.25, 0.3) is 0 Å². The molecule has 0 bridgehead atoms. The van der Waals surface area contributed by atoms with E-state index in [0.717, 1.165) is 16.8 Å². The lowest BCUT2D eigenvalue weighted by molar-refractivity contribution is 0.0977. The topological polar surface area (TPSA) is 108 Å². The third-order valence-corrected chi connectivity index (χ3v) is 7.02. The average Bonchev–Trinajstić information content (AvgIpc) is 3.22. The zero-order valence-corrected chi connectivity index (χ0v) is 19.7. The van der Waals surface area contributed by atoms with Crippen molar-refractivity contribution in [1.29, 1.82) is 0 Å². The van der Waals surface area contributed by atoms with E-state index in [-0.39, 0.29) is 12.0 Å². The van der Waals surface area contributed by atoms with Crippen molar-refractivity contribution in [3.8, 4) is 11.1 Å². The molecule has 0 atom stereocenters. The van der Waals surface area contributed by atoms with Gasteiger partial charge >= 0.3 is 6.09 Å². The number of rotatable bonds is 5. The second kappa shape index (κ2) is 9.70. The molecule has 2 aliphatic rings. The molecule has 1 saturated heterocycles. The van der Waals surface area contributed by atoms with Crippen molar-refractivity contribution >= 4 is 17.5 Å². The number of nitrogens with two attached hydrogens (primary N) is 1. The molecule has 0 radical (unpaired) electrons. The quantitative estimate of drug-likeness (QED) is 0.304. The maximum atomic E-state index is 12.9. The van der Waals surface area contributed by atoms with Crippen molar-refractivity contribution in [2.75, 3.05) is 37.7 Å². The van der Waals surface area contributed by atoms with Gasteiger partial charge in [-0.05, 0) is 58.0 Å². The van der Waals surface area contributed by atoms with E-state index in [2.05, 4.69) is 39.2 Å². The molecule has 0 spiro atoms. The molecule has 1 amide bonds. The van der Waals surface area contributed by atoms with E-state index >= 15 is 0 Å². The SMILES string of the molecule is Cc1c(N=[N+]=[N-])cc(CN)cc1N1CCN(C(=O)OCC2c3ccccc3-c3ccccc32)CC1. The van der Waals surface area contributed by atoms with Crippen molar-refractivity contribution in [3.63, 3.8) is 0 Å². The Balaban J connectivity index is 1.24. The highest BCUT2D eigenvalue weighted by Gasteiger charge is 2.30. The van der Waals surface area contributed by atoms with Crippen molar-refractivity contribution in [1.82, 2.24) is 4.90 Å². The molecule has 2 N–H and O–H groups in total. The summed E-state index contributed by atoms with van der Waals surface area (Å²) in [6.45, 7) is 5.06. The van der Waals surface area contributed by atoms with Gasteiger partial charge in [-0.3, -0.25) is 0 Å². The second-order valence-corrected chi connectivity index (χ2v) is 8.93. The van der Waals surface area contributed by atoms with Gasteiger partial charge in [0.05, 0.1) is 0 Å². The Morgan fingerprint density at radius 3 is 2.29 bits per heavy atom. The Morgan fingerprint density at radius 2 is 1.69 bits per heavy atom. The fourth-order valence-electron chi connectivity index (χ4n) is 5.15. The number of ether oxygens (including phenoxy) is 1. The minimum atomic E-state index is -0.284. The van der Waals surface area contributed by atoms with Crippen LogP contribution in [0.3, 0.4) is 0 Å². The first kappa shape index (κ1) is 22.8. The number of azide groups is 1. The summed E-state index contributed by atoms with van der Waals surface area (Å²) in [5, 5.41) is 3.82.